The molecule has 0 aromatic carbocycles. The van der Waals surface area contributed by atoms with Gasteiger partial charge in [-0.3, -0.25) is 4.79 Å². The van der Waals surface area contributed by atoms with Crippen molar-refractivity contribution in [2.75, 3.05) is 24.6 Å². The van der Waals surface area contributed by atoms with Crippen LogP contribution in [0.2, 0.25) is 0 Å². The topological polar surface area (TPSA) is 122 Å². The molecule has 0 bridgehead atoms. The zero-order valence-electron chi connectivity index (χ0n) is 19.2. The van der Waals surface area contributed by atoms with Crippen molar-refractivity contribution in [1.29, 1.82) is 5.26 Å². The molecule has 0 saturated carbocycles. The van der Waals surface area contributed by atoms with E-state index in [2.05, 4.69) is 28.3 Å². The number of aromatic nitrogens is 3. The monoisotopic (exact) mass is 447 g/mol. The average Bonchev–Trinajstić information content (AvgIpc) is 3.22. The first-order valence-electron chi connectivity index (χ1n) is 11.2. The second-order valence-electron chi connectivity index (χ2n) is 8.72. The molecule has 0 radical (unpaired) electrons. The molecule has 1 aliphatic rings. The van der Waals surface area contributed by atoms with Crippen LogP contribution in [-0.4, -0.2) is 51.8 Å². The molecule has 9 heteroatoms. The van der Waals surface area contributed by atoms with Crippen LogP contribution in [0, 0.1) is 11.3 Å². The van der Waals surface area contributed by atoms with Crippen LogP contribution in [0.15, 0.2) is 36.8 Å². The summed E-state index contributed by atoms with van der Waals surface area (Å²) in [6, 6.07) is 7.62. The molecule has 172 valence electrons. The fourth-order valence-corrected chi connectivity index (χ4v) is 4.14. The molecule has 3 N–H and O–H groups in total. The van der Waals surface area contributed by atoms with E-state index in [1.54, 1.807) is 23.8 Å². The van der Waals surface area contributed by atoms with E-state index in [0.29, 0.717) is 17.9 Å². The second kappa shape index (κ2) is 9.08. The van der Waals surface area contributed by atoms with Crippen molar-refractivity contribution in [3.8, 4) is 22.9 Å². The number of pyridine rings is 2. The largest absolute Gasteiger partial charge is 0.492 e. The Hall–Kier alpha value is -3.64. The third-order valence-electron chi connectivity index (χ3n) is 6.11. The van der Waals surface area contributed by atoms with Crippen LogP contribution in [-0.2, 0) is 4.79 Å². The van der Waals surface area contributed by atoms with Crippen LogP contribution in [0.4, 0.5) is 5.82 Å². The molecule has 0 spiro atoms. The maximum atomic E-state index is 12.0. The lowest BCUT2D eigenvalue weighted by molar-refractivity contribution is -0.124. The third kappa shape index (κ3) is 4.61. The molecule has 1 amide bonds. The first-order valence-corrected chi connectivity index (χ1v) is 11.2. The molecule has 1 atom stereocenters. The highest BCUT2D eigenvalue weighted by molar-refractivity contribution is 5.85. The number of carbonyl (C=O) groups is 1. The number of hydrogen-bond donors (Lipinski definition) is 2. The average molecular weight is 448 g/mol. The zero-order chi connectivity index (χ0) is 23.6. The molecule has 3 aromatic rings. The molecule has 0 aliphatic carbocycles. The third-order valence-corrected chi connectivity index (χ3v) is 6.11. The summed E-state index contributed by atoms with van der Waals surface area (Å²) in [4.78, 5) is 18.9. The molecular weight excluding hydrogens is 418 g/mol. The maximum absolute atomic E-state index is 12.0. The van der Waals surface area contributed by atoms with Gasteiger partial charge in [-0.2, -0.15) is 10.4 Å². The first kappa shape index (κ1) is 22.6. The number of fused-ring (bicyclic) bond motifs is 1. The molecule has 1 saturated heterocycles. The highest BCUT2D eigenvalue weighted by Gasteiger charge is 2.32. The van der Waals surface area contributed by atoms with Crippen molar-refractivity contribution in [3.63, 3.8) is 0 Å². The quantitative estimate of drug-likeness (QED) is 0.595. The van der Waals surface area contributed by atoms with Crippen molar-refractivity contribution in [2.24, 2.45) is 5.73 Å². The van der Waals surface area contributed by atoms with Crippen LogP contribution >= 0.6 is 0 Å². The lowest BCUT2D eigenvalue weighted by Gasteiger charge is -2.40. The van der Waals surface area contributed by atoms with E-state index in [0.717, 1.165) is 48.4 Å². The Balaban J connectivity index is 1.55. The number of nitrogens with one attached hydrogen (secondary N) is 1. The van der Waals surface area contributed by atoms with E-state index in [9.17, 15) is 10.1 Å². The summed E-state index contributed by atoms with van der Waals surface area (Å²) in [5.41, 5.74) is 8.40. The van der Waals surface area contributed by atoms with Crippen LogP contribution < -0.4 is 20.7 Å². The van der Waals surface area contributed by atoms with E-state index in [1.165, 1.54) is 0 Å². The van der Waals surface area contributed by atoms with Crippen molar-refractivity contribution < 1.29 is 9.53 Å². The van der Waals surface area contributed by atoms with E-state index in [-0.39, 0.29) is 11.4 Å². The number of nitriles is 1. The van der Waals surface area contributed by atoms with Gasteiger partial charge >= 0.3 is 0 Å². The normalized spacial score (nSPS) is 16.3. The van der Waals surface area contributed by atoms with Gasteiger partial charge in [0.1, 0.15) is 17.6 Å². The Labute approximate surface area is 193 Å². The summed E-state index contributed by atoms with van der Waals surface area (Å²) in [7, 11) is 0. The fraction of sp³-hybridized carbons (Fsp3) is 0.417. The lowest BCUT2D eigenvalue weighted by Crippen LogP contribution is -2.56. The zero-order valence-corrected chi connectivity index (χ0v) is 19.2. The second-order valence-corrected chi connectivity index (χ2v) is 8.72. The Morgan fingerprint density at radius 1 is 1.36 bits per heavy atom. The van der Waals surface area contributed by atoms with Crippen molar-refractivity contribution >= 4 is 17.2 Å². The summed E-state index contributed by atoms with van der Waals surface area (Å²) in [5.74, 6) is 1.44. The number of nitrogens with two attached hydrogens (primary N) is 1. The highest BCUT2D eigenvalue weighted by Crippen LogP contribution is 2.32. The van der Waals surface area contributed by atoms with Gasteiger partial charge in [0.15, 0.2) is 0 Å². The Bertz CT molecular complexity index is 1190. The van der Waals surface area contributed by atoms with Gasteiger partial charge in [-0.15, -0.1) is 0 Å². The number of ether oxygens (including phenoxy) is 1. The van der Waals surface area contributed by atoms with Crippen molar-refractivity contribution in [1.82, 2.24) is 19.9 Å². The molecule has 3 aromatic heterocycles. The molecule has 1 aliphatic heterocycles. The number of rotatable bonds is 6. The molecule has 4 heterocycles. The predicted molar refractivity (Wildman–Crippen MR) is 126 cm³/mol. The summed E-state index contributed by atoms with van der Waals surface area (Å²) in [5, 5.41) is 16.9. The minimum absolute atomic E-state index is 0.120. The van der Waals surface area contributed by atoms with E-state index in [1.807, 2.05) is 31.3 Å². The Kier molecular flexibility index (Phi) is 6.20. The molecule has 4 rings (SSSR count). The molecule has 0 unspecified atom stereocenters. The van der Waals surface area contributed by atoms with Gasteiger partial charge in [-0.25, -0.2) is 9.50 Å². The number of carbonyl (C=O) groups excluding carboxylic acids is 1. The standard InChI is InChI=1S/C24H29N7O2/c1-4-33-19-11-20(22-18(12-25)14-28-31(22)15-19)17-5-6-21(27-13-17)30-9-7-24(3,8-10-30)29-23(32)16(2)26/h5-6,11,13-16H,4,7-10,26H2,1-3H3,(H,29,32)/t16-/m0/s1. The summed E-state index contributed by atoms with van der Waals surface area (Å²) in [6.07, 6.45) is 6.78. The highest BCUT2D eigenvalue weighted by atomic mass is 16.5. The lowest BCUT2D eigenvalue weighted by atomic mass is 9.89. The molecular formula is C24H29N7O2. The van der Waals surface area contributed by atoms with Crippen LogP contribution in [0.3, 0.4) is 0 Å². The van der Waals surface area contributed by atoms with Gasteiger partial charge < -0.3 is 20.7 Å². The smallest absolute Gasteiger partial charge is 0.237 e. The Morgan fingerprint density at radius 2 is 2.12 bits per heavy atom. The van der Waals surface area contributed by atoms with Crippen LogP contribution in [0.1, 0.15) is 39.2 Å². The summed E-state index contributed by atoms with van der Waals surface area (Å²) >= 11 is 0. The van der Waals surface area contributed by atoms with Crippen molar-refractivity contribution in [2.45, 2.75) is 45.2 Å². The number of amides is 1. The number of nitrogens with zero attached hydrogens (tertiary/aromatic N) is 5. The minimum atomic E-state index is -0.515. The van der Waals surface area contributed by atoms with Gasteiger partial charge in [-0.05, 0) is 51.8 Å². The predicted octanol–water partition coefficient (Wildman–Crippen LogP) is 2.49. The van der Waals surface area contributed by atoms with Gasteiger partial charge in [0, 0.05) is 36.0 Å². The molecule has 9 nitrogen and oxygen atoms in total. The van der Waals surface area contributed by atoms with Gasteiger partial charge in [0.05, 0.1) is 36.1 Å². The Morgan fingerprint density at radius 3 is 2.73 bits per heavy atom. The van der Waals surface area contributed by atoms with E-state index >= 15 is 0 Å². The minimum Gasteiger partial charge on any atom is -0.492 e. The fourth-order valence-electron chi connectivity index (χ4n) is 4.14. The number of piperidine rings is 1. The molecule has 1 fully saturated rings. The number of hydrogen-bond acceptors (Lipinski definition) is 7. The summed E-state index contributed by atoms with van der Waals surface area (Å²) < 4.78 is 7.36. The van der Waals surface area contributed by atoms with Crippen LogP contribution in [0.25, 0.3) is 16.6 Å². The van der Waals surface area contributed by atoms with E-state index < -0.39 is 6.04 Å². The maximum Gasteiger partial charge on any atom is 0.237 e. The van der Waals surface area contributed by atoms with E-state index in [4.69, 9.17) is 15.5 Å². The van der Waals surface area contributed by atoms with Crippen molar-refractivity contribution in [3.05, 3.63) is 42.4 Å². The molecule has 33 heavy (non-hydrogen) atoms. The van der Waals surface area contributed by atoms with Gasteiger partial charge in [-0.1, -0.05) is 0 Å². The van der Waals surface area contributed by atoms with Gasteiger partial charge in [0.25, 0.3) is 0 Å². The van der Waals surface area contributed by atoms with Crippen LogP contribution in [0.5, 0.6) is 5.75 Å². The first-order chi connectivity index (χ1) is 15.8. The SMILES string of the molecule is CCOc1cc(-c2ccc(N3CCC(C)(NC(=O)[C@H](C)N)CC3)nc2)c2c(C#N)cnn2c1. The van der Waals surface area contributed by atoms with Gasteiger partial charge in [0.2, 0.25) is 5.91 Å². The number of anilines is 1. The summed E-state index contributed by atoms with van der Waals surface area (Å²) in [6.45, 7) is 7.79.